The van der Waals surface area contributed by atoms with Crippen LogP contribution in [-0.2, 0) is 11.2 Å². The Hall–Kier alpha value is -0.930. The Morgan fingerprint density at radius 2 is 2.29 bits per heavy atom. The van der Waals surface area contributed by atoms with Crippen molar-refractivity contribution in [1.82, 2.24) is 0 Å². The van der Waals surface area contributed by atoms with Gasteiger partial charge in [0.1, 0.15) is 5.82 Å². The maximum Gasteiger partial charge on any atom is 0.123 e. The second-order valence-electron chi connectivity index (χ2n) is 4.98. The predicted octanol–water partition coefficient (Wildman–Crippen LogP) is 2.65. The summed E-state index contributed by atoms with van der Waals surface area (Å²) in [6.45, 7) is 2.10. The summed E-state index contributed by atoms with van der Waals surface area (Å²) in [5.41, 5.74) is 7.04. The fraction of sp³-hybridized carbons (Fsp3) is 0.571. The van der Waals surface area contributed by atoms with Gasteiger partial charge in [0.2, 0.25) is 0 Å². The van der Waals surface area contributed by atoms with Gasteiger partial charge < -0.3 is 10.5 Å². The van der Waals surface area contributed by atoms with Crippen molar-refractivity contribution >= 4 is 0 Å². The first-order chi connectivity index (χ1) is 8.13. The number of halogens is 1. The van der Waals surface area contributed by atoms with Gasteiger partial charge in [-0.05, 0) is 50.3 Å². The van der Waals surface area contributed by atoms with Gasteiger partial charge in [-0.15, -0.1) is 0 Å². The number of rotatable bonds is 4. The lowest BCUT2D eigenvalue weighted by Gasteiger charge is -2.17. The lowest BCUT2D eigenvalue weighted by atomic mass is 10.00. The molecule has 1 heterocycles. The van der Waals surface area contributed by atoms with Gasteiger partial charge in [0.05, 0.1) is 12.2 Å². The summed E-state index contributed by atoms with van der Waals surface area (Å²) in [7, 11) is 0. The van der Waals surface area contributed by atoms with Gasteiger partial charge in [-0.25, -0.2) is 4.39 Å². The molecule has 0 aromatic heterocycles. The van der Waals surface area contributed by atoms with Crippen LogP contribution in [0.4, 0.5) is 4.39 Å². The lowest BCUT2D eigenvalue weighted by Crippen LogP contribution is -2.28. The largest absolute Gasteiger partial charge is 0.375 e. The topological polar surface area (TPSA) is 35.2 Å². The molecular formula is C14H20FNO. The van der Waals surface area contributed by atoms with Crippen LogP contribution in [-0.4, -0.2) is 18.2 Å². The van der Waals surface area contributed by atoms with Crippen molar-refractivity contribution in [3.63, 3.8) is 0 Å². The molecule has 0 bridgehead atoms. The van der Waals surface area contributed by atoms with E-state index in [1.54, 1.807) is 12.1 Å². The van der Waals surface area contributed by atoms with Crippen LogP contribution in [0.1, 0.15) is 31.7 Å². The summed E-state index contributed by atoms with van der Waals surface area (Å²) in [5.74, 6) is -0.194. The first-order valence-corrected chi connectivity index (χ1v) is 6.29. The molecule has 1 aromatic rings. The Kier molecular flexibility index (Phi) is 4.13. The van der Waals surface area contributed by atoms with Crippen molar-refractivity contribution in [3.8, 4) is 0 Å². The minimum absolute atomic E-state index is 0.0482. The van der Waals surface area contributed by atoms with Crippen molar-refractivity contribution in [2.75, 3.05) is 0 Å². The minimum Gasteiger partial charge on any atom is -0.375 e. The van der Waals surface area contributed by atoms with Gasteiger partial charge in [-0.1, -0.05) is 12.1 Å². The molecule has 0 radical (unpaired) electrons. The molecule has 1 aromatic carbocycles. The highest BCUT2D eigenvalue weighted by Crippen LogP contribution is 2.23. The third kappa shape index (κ3) is 3.79. The molecule has 0 saturated carbocycles. The van der Waals surface area contributed by atoms with Gasteiger partial charge in [-0.2, -0.15) is 0 Å². The Morgan fingerprint density at radius 1 is 1.47 bits per heavy atom. The molecule has 1 aliphatic heterocycles. The molecule has 0 aliphatic carbocycles. The van der Waals surface area contributed by atoms with Crippen LogP contribution >= 0.6 is 0 Å². The van der Waals surface area contributed by atoms with Crippen LogP contribution in [0.15, 0.2) is 24.3 Å². The van der Waals surface area contributed by atoms with Crippen LogP contribution in [0.2, 0.25) is 0 Å². The Morgan fingerprint density at radius 3 is 2.94 bits per heavy atom. The van der Waals surface area contributed by atoms with Gasteiger partial charge in [-0.3, -0.25) is 0 Å². The SMILES string of the molecule is CC1CCC(CC(N)Cc2cccc(F)c2)O1. The van der Waals surface area contributed by atoms with E-state index in [1.807, 2.05) is 6.07 Å². The highest BCUT2D eigenvalue weighted by atomic mass is 19.1. The van der Waals surface area contributed by atoms with E-state index in [0.29, 0.717) is 12.5 Å². The molecule has 0 amide bonds. The zero-order valence-corrected chi connectivity index (χ0v) is 10.2. The Balaban J connectivity index is 1.83. The van der Waals surface area contributed by atoms with E-state index in [2.05, 4.69) is 6.92 Å². The monoisotopic (exact) mass is 237 g/mol. The van der Waals surface area contributed by atoms with Crippen molar-refractivity contribution in [2.45, 2.75) is 50.9 Å². The minimum atomic E-state index is -0.194. The molecule has 2 N–H and O–H groups in total. The summed E-state index contributed by atoms with van der Waals surface area (Å²) in [5, 5.41) is 0. The smallest absolute Gasteiger partial charge is 0.123 e. The van der Waals surface area contributed by atoms with Crippen LogP contribution in [0.25, 0.3) is 0 Å². The molecule has 3 unspecified atom stereocenters. The third-order valence-corrected chi connectivity index (χ3v) is 3.27. The van der Waals surface area contributed by atoms with Gasteiger partial charge in [0, 0.05) is 6.04 Å². The van der Waals surface area contributed by atoms with Crippen LogP contribution in [0.3, 0.4) is 0 Å². The first-order valence-electron chi connectivity index (χ1n) is 6.29. The molecule has 0 spiro atoms. The zero-order chi connectivity index (χ0) is 12.3. The quantitative estimate of drug-likeness (QED) is 0.873. The van der Waals surface area contributed by atoms with Crippen LogP contribution in [0, 0.1) is 5.82 Å². The molecule has 1 aliphatic rings. The lowest BCUT2D eigenvalue weighted by molar-refractivity contribution is 0.0471. The zero-order valence-electron chi connectivity index (χ0n) is 10.2. The number of ether oxygens (including phenoxy) is 1. The average Bonchev–Trinajstić information content (AvgIpc) is 2.63. The Bertz CT molecular complexity index is 369. The van der Waals surface area contributed by atoms with Crippen molar-refractivity contribution in [1.29, 1.82) is 0 Å². The summed E-state index contributed by atoms with van der Waals surface area (Å²) >= 11 is 0. The number of benzene rings is 1. The standard InChI is InChI=1S/C14H20FNO/c1-10-5-6-14(17-10)9-13(16)8-11-3-2-4-12(15)7-11/h2-4,7,10,13-14H,5-6,8-9,16H2,1H3. The van der Waals surface area contributed by atoms with E-state index >= 15 is 0 Å². The maximum atomic E-state index is 13.0. The second-order valence-corrected chi connectivity index (χ2v) is 4.98. The first kappa shape index (κ1) is 12.5. The third-order valence-electron chi connectivity index (χ3n) is 3.27. The molecule has 3 heteroatoms. The van der Waals surface area contributed by atoms with E-state index in [-0.39, 0.29) is 18.0 Å². The van der Waals surface area contributed by atoms with E-state index in [4.69, 9.17) is 10.5 Å². The van der Waals surface area contributed by atoms with Gasteiger partial charge >= 0.3 is 0 Å². The van der Waals surface area contributed by atoms with Crippen LogP contribution in [0.5, 0.6) is 0 Å². The van der Waals surface area contributed by atoms with E-state index in [1.165, 1.54) is 6.07 Å². The van der Waals surface area contributed by atoms with Crippen molar-refractivity contribution in [2.24, 2.45) is 5.73 Å². The van der Waals surface area contributed by atoms with Crippen LogP contribution < -0.4 is 5.73 Å². The highest BCUT2D eigenvalue weighted by molar-refractivity contribution is 5.17. The molecule has 1 fully saturated rings. The molecule has 3 atom stereocenters. The fourth-order valence-electron chi connectivity index (χ4n) is 2.45. The van der Waals surface area contributed by atoms with E-state index < -0.39 is 0 Å². The summed E-state index contributed by atoms with van der Waals surface area (Å²) < 4.78 is 18.7. The average molecular weight is 237 g/mol. The number of nitrogens with two attached hydrogens (primary N) is 1. The van der Waals surface area contributed by atoms with E-state index in [0.717, 1.165) is 24.8 Å². The molecule has 17 heavy (non-hydrogen) atoms. The highest BCUT2D eigenvalue weighted by Gasteiger charge is 2.23. The van der Waals surface area contributed by atoms with Crippen molar-refractivity contribution < 1.29 is 9.13 Å². The normalized spacial score (nSPS) is 26.1. The molecule has 2 rings (SSSR count). The molecule has 94 valence electrons. The predicted molar refractivity (Wildman–Crippen MR) is 66.3 cm³/mol. The summed E-state index contributed by atoms with van der Waals surface area (Å²) in [4.78, 5) is 0. The molecular weight excluding hydrogens is 217 g/mol. The van der Waals surface area contributed by atoms with E-state index in [9.17, 15) is 4.39 Å². The molecule has 2 nitrogen and oxygen atoms in total. The summed E-state index contributed by atoms with van der Waals surface area (Å²) in [6.07, 6.45) is 4.44. The van der Waals surface area contributed by atoms with Crippen molar-refractivity contribution in [3.05, 3.63) is 35.6 Å². The number of hydrogen-bond donors (Lipinski definition) is 1. The number of hydrogen-bond acceptors (Lipinski definition) is 2. The summed E-state index contributed by atoms with van der Waals surface area (Å²) in [6, 6.07) is 6.70. The van der Waals surface area contributed by atoms with Gasteiger partial charge in [0.25, 0.3) is 0 Å². The maximum absolute atomic E-state index is 13.0. The van der Waals surface area contributed by atoms with Gasteiger partial charge in [0.15, 0.2) is 0 Å². The fourth-order valence-corrected chi connectivity index (χ4v) is 2.45. The molecule has 1 saturated heterocycles. The Labute approximate surface area is 102 Å². The second kappa shape index (κ2) is 5.61.